The third-order valence-electron chi connectivity index (χ3n) is 6.92. The minimum absolute atomic E-state index is 0.273. The molecule has 27 heavy (non-hydrogen) atoms. The lowest BCUT2D eigenvalue weighted by atomic mass is 9.48. The van der Waals surface area contributed by atoms with E-state index in [9.17, 15) is 4.79 Å². The second-order valence-electron chi connectivity index (χ2n) is 8.83. The molecule has 0 saturated heterocycles. The first-order valence-electron chi connectivity index (χ1n) is 10.0. The zero-order valence-electron chi connectivity index (χ0n) is 15.4. The van der Waals surface area contributed by atoms with Gasteiger partial charge in [-0.3, -0.25) is 0 Å². The predicted molar refractivity (Wildman–Crippen MR) is 110 cm³/mol. The van der Waals surface area contributed by atoms with Gasteiger partial charge in [0.15, 0.2) is 0 Å². The molecule has 0 atom stereocenters. The molecule has 0 aliphatic heterocycles. The summed E-state index contributed by atoms with van der Waals surface area (Å²) in [5.74, 6) is 2.82. The smallest absolute Gasteiger partial charge is 0.308 e. The van der Waals surface area contributed by atoms with Crippen molar-refractivity contribution in [2.45, 2.75) is 43.9 Å². The molecule has 4 aliphatic carbocycles. The molecule has 0 aromatic heterocycles. The maximum Gasteiger partial charge on any atom is 0.323 e. The summed E-state index contributed by atoms with van der Waals surface area (Å²) in [6, 6.07) is 15.5. The maximum absolute atomic E-state index is 12.3. The highest BCUT2D eigenvalue weighted by Gasteiger charge is 2.51. The molecule has 4 aliphatic rings. The van der Waals surface area contributed by atoms with Crippen molar-refractivity contribution < 1.29 is 4.79 Å². The largest absolute Gasteiger partial charge is 0.323 e. The van der Waals surface area contributed by atoms with Crippen molar-refractivity contribution in [1.82, 2.24) is 0 Å². The number of hydrogen-bond acceptors (Lipinski definition) is 1. The molecule has 2 amide bonds. The van der Waals surface area contributed by atoms with E-state index in [2.05, 4.69) is 22.8 Å². The summed E-state index contributed by atoms with van der Waals surface area (Å²) in [4.78, 5) is 12.3. The first kappa shape index (κ1) is 17.1. The number of carbonyl (C=O) groups excluding carboxylic acids is 1. The minimum Gasteiger partial charge on any atom is -0.308 e. The Labute approximate surface area is 165 Å². The number of anilines is 2. The van der Waals surface area contributed by atoms with Gasteiger partial charge in [-0.15, -0.1) is 0 Å². The summed E-state index contributed by atoms with van der Waals surface area (Å²) >= 11 is 6.10. The van der Waals surface area contributed by atoms with Gasteiger partial charge in [0, 0.05) is 5.69 Å². The highest BCUT2D eigenvalue weighted by Crippen LogP contribution is 2.60. The van der Waals surface area contributed by atoms with E-state index in [1.807, 2.05) is 24.3 Å². The average molecular weight is 381 g/mol. The van der Waals surface area contributed by atoms with Crippen molar-refractivity contribution in [2.24, 2.45) is 17.8 Å². The Bertz CT molecular complexity index is 826. The van der Waals surface area contributed by atoms with Gasteiger partial charge in [0.1, 0.15) is 0 Å². The number of nitrogens with one attached hydrogen (secondary N) is 2. The average Bonchev–Trinajstić information content (AvgIpc) is 2.63. The molecular weight excluding hydrogens is 356 g/mol. The first-order chi connectivity index (χ1) is 13.1. The molecule has 0 unspecified atom stereocenters. The molecule has 0 heterocycles. The van der Waals surface area contributed by atoms with Gasteiger partial charge in [0.2, 0.25) is 0 Å². The normalized spacial score (nSPS) is 30.9. The van der Waals surface area contributed by atoms with Gasteiger partial charge >= 0.3 is 6.03 Å². The van der Waals surface area contributed by atoms with Crippen molar-refractivity contribution in [3.8, 4) is 0 Å². The van der Waals surface area contributed by atoms with Gasteiger partial charge in [0.05, 0.1) is 10.7 Å². The first-order valence-corrected chi connectivity index (χ1v) is 10.4. The lowest BCUT2D eigenvalue weighted by molar-refractivity contribution is -0.00518. The van der Waals surface area contributed by atoms with Crippen LogP contribution in [0.4, 0.5) is 16.2 Å². The fourth-order valence-corrected chi connectivity index (χ4v) is 6.40. The molecule has 140 valence electrons. The fourth-order valence-electron chi connectivity index (χ4n) is 6.22. The number of hydrogen-bond donors (Lipinski definition) is 2. The van der Waals surface area contributed by atoms with Crippen LogP contribution < -0.4 is 10.6 Å². The Balaban J connectivity index is 1.28. The minimum atomic E-state index is -0.273. The number of amides is 2. The highest BCUT2D eigenvalue weighted by molar-refractivity contribution is 6.33. The van der Waals surface area contributed by atoms with Crippen molar-refractivity contribution >= 4 is 29.0 Å². The van der Waals surface area contributed by atoms with E-state index in [0.717, 1.165) is 23.4 Å². The Morgan fingerprint density at radius 3 is 2.04 bits per heavy atom. The van der Waals surface area contributed by atoms with Crippen molar-refractivity contribution in [1.29, 1.82) is 0 Å². The number of halogens is 1. The second kappa shape index (κ2) is 6.56. The van der Waals surface area contributed by atoms with E-state index in [4.69, 9.17) is 11.6 Å². The van der Waals surface area contributed by atoms with Crippen LogP contribution in [0.25, 0.3) is 0 Å². The maximum atomic E-state index is 12.3. The van der Waals surface area contributed by atoms with Crippen LogP contribution in [-0.2, 0) is 5.41 Å². The van der Waals surface area contributed by atoms with Gasteiger partial charge in [-0.05, 0) is 91.5 Å². The molecule has 0 radical (unpaired) electrons. The zero-order chi connectivity index (χ0) is 18.4. The van der Waals surface area contributed by atoms with E-state index in [1.165, 1.54) is 44.1 Å². The van der Waals surface area contributed by atoms with E-state index < -0.39 is 0 Å². The number of carbonyl (C=O) groups is 1. The molecule has 4 saturated carbocycles. The topological polar surface area (TPSA) is 41.1 Å². The number of para-hydroxylation sites is 1. The molecule has 2 N–H and O–H groups in total. The Kier molecular flexibility index (Phi) is 4.16. The van der Waals surface area contributed by atoms with Gasteiger partial charge < -0.3 is 10.6 Å². The van der Waals surface area contributed by atoms with Crippen LogP contribution >= 0.6 is 11.6 Å². The van der Waals surface area contributed by atoms with E-state index in [0.29, 0.717) is 16.1 Å². The molecule has 4 heteroatoms. The summed E-state index contributed by atoms with van der Waals surface area (Å²) in [6.07, 6.45) is 8.46. The third-order valence-corrected chi connectivity index (χ3v) is 7.25. The van der Waals surface area contributed by atoms with Crippen LogP contribution in [0.2, 0.25) is 5.02 Å². The van der Waals surface area contributed by atoms with E-state index in [1.54, 1.807) is 12.1 Å². The van der Waals surface area contributed by atoms with Gasteiger partial charge in [0.25, 0.3) is 0 Å². The molecule has 0 spiro atoms. The lowest BCUT2D eigenvalue weighted by Crippen LogP contribution is -2.48. The molecule has 3 nitrogen and oxygen atoms in total. The van der Waals surface area contributed by atoms with Gasteiger partial charge in [-0.1, -0.05) is 35.9 Å². The van der Waals surface area contributed by atoms with Gasteiger partial charge in [-0.25, -0.2) is 4.79 Å². The zero-order valence-corrected chi connectivity index (χ0v) is 16.1. The van der Waals surface area contributed by atoms with Crippen LogP contribution in [0.5, 0.6) is 0 Å². The quantitative estimate of drug-likeness (QED) is 0.630. The molecule has 2 aromatic rings. The second-order valence-corrected chi connectivity index (χ2v) is 9.24. The molecule has 6 rings (SSSR count). The summed E-state index contributed by atoms with van der Waals surface area (Å²) in [5, 5.41) is 6.24. The molecule has 2 aromatic carbocycles. The van der Waals surface area contributed by atoms with E-state index in [-0.39, 0.29) is 6.03 Å². The molecular formula is C23H25ClN2O. The Hall–Kier alpha value is -2.00. The summed E-state index contributed by atoms with van der Waals surface area (Å²) in [5.41, 5.74) is 3.29. The third kappa shape index (κ3) is 3.23. The highest BCUT2D eigenvalue weighted by atomic mass is 35.5. The van der Waals surface area contributed by atoms with Crippen LogP contribution in [0.3, 0.4) is 0 Å². The SMILES string of the molecule is O=C(Nc1ccc(C23CC4CC(CC(C4)C2)C3)cc1)Nc1ccccc1Cl. The van der Waals surface area contributed by atoms with Crippen LogP contribution in [0.1, 0.15) is 44.1 Å². The van der Waals surface area contributed by atoms with Crippen LogP contribution in [0, 0.1) is 17.8 Å². The van der Waals surface area contributed by atoms with Crippen molar-refractivity contribution in [3.05, 3.63) is 59.1 Å². The van der Waals surface area contributed by atoms with Crippen molar-refractivity contribution in [2.75, 3.05) is 10.6 Å². The van der Waals surface area contributed by atoms with Gasteiger partial charge in [-0.2, -0.15) is 0 Å². The summed E-state index contributed by atoms with van der Waals surface area (Å²) < 4.78 is 0. The van der Waals surface area contributed by atoms with Crippen molar-refractivity contribution in [3.63, 3.8) is 0 Å². The van der Waals surface area contributed by atoms with E-state index >= 15 is 0 Å². The summed E-state index contributed by atoms with van der Waals surface area (Å²) in [7, 11) is 0. The van der Waals surface area contributed by atoms with Crippen LogP contribution in [0.15, 0.2) is 48.5 Å². The number of urea groups is 1. The molecule has 4 fully saturated rings. The predicted octanol–water partition coefficient (Wildman–Crippen LogP) is 6.45. The Morgan fingerprint density at radius 2 is 1.44 bits per heavy atom. The number of rotatable bonds is 3. The fraction of sp³-hybridized carbons (Fsp3) is 0.435. The number of benzene rings is 2. The monoisotopic (exact) mass is 380 g/mol. The lowest BCUT2D eigenvalue weighted by Gasteiger charge is -2.57. The summed E-state index contributed by atoms with van der Waals surface area (Å²) in [6.45, 7) is 0. The molecule has 4 bridgehead atoms. The van der Waals surface area contributed by atoms with Crippen LogP contribution in [-0.4, -0.2) is 6.03 Å². The standard InChI is InChI=1S/C23H25ClN2O/c24-20-3-1-2-4-21(20)26-22(27)25-19-7-5-18(6-8-19)23-12-15-9-16(13-23)11-17(10-15)14-23/h1-8,15-17H,9-14H2,(H2,25,26,27). The Morgan fingerprint density at radius 1 is 0.852 bits per heavy atom.